The van der Waals surface area contributed by atoms with Gasteiger partial charge in [-0.2, -0.15) is 0 Å². The summed E-state index contributed by atoms with van der Waals surface area (Å²) >= 11 is 0. The highest BCUT2D eigenvalue weighted by molar-refractivity contribution is 5.77. The summed E-state index contributed by atoms with van der Waals surface area (Å²) in [6.07, 6.45) is 59.5. The normalized spacial score (nSPS) is 13.3. The zero-order valence-electron chi connectivity index (χ0n) is 42.5. The number of nitrogens with one attached hydrogen (secondary N) is 1. The quantitative estimate of drug-likeness (QED) is 0.0321. The lowest BCUT2D eigenvalue weighted by molar-refractivity contribution is -0.151. The number of hydrogen-bond donors (Lipinski definition) is 3. The average Bonchev–Trinajstić information content (AvgIpc) is 3.28. The minimum atomic E-state index is -0.786. The lowest BCUT2D eigenvalue weighted by atomic mass is 10.0. The molecule has 0 aromatic rings. The predicted molar refractivity (Wildman–Crippen MR) is 273 cm³/mol. The Morgan fingerprint density at radius 1 is 0.460 bits per heavy atom. The highest BCUT2D eigenvalue weighted by Gasteiger charge is 2.24. The van der Waals surface area contributed by atoms with Crippen molar-refractivity contribution in [2.75, 3.05) is 6.61 Å². The zero-order chi connectivity index (χ0) is 45.9. The van der Waals surface area contributed by atoms with E-state index in [0.717, 1.165) is 51.4 Å². The molecule has 0 aliphatic rings. The van der Waals surface area contributed by atoms with Crippen LogP contribution in [-0.4, -0.2) is 46.9 Å². The van der Waals surface area contributed by atoms with Gasteiger partial charge in [0, 0.05) is 6.42 Å². The van der Waals surface area contributed by atoms with Gasteiger partial charge in [-0.05, 0) is 51.4 Å². The number of aliphatic hydroxyl groups excluding tert-OH is 2. The number of rotatable bonds is 51. The molecule has 0 heterocycles. The maximum atomic E-state index is 13.2. The van der Waals surface area contributed by atoms with E-state index in [0.29, 0.717) is 19.3 Å². The first-order chi connectivity index (χ1) is 31.0. The summed E-state index contributed by atoms with van der Waals surface area (Å²) in [5.74, 6) is -0.473. The molecule has 0 saturated carbocycles. The second kappa shape index (κ2) is 51.3. The molecule has 0 aliphatic heterocycles. The number of unbranched alkanes of at least 4 members (excludes halogenated alkanes) is 36. The SMILES string of the molecule is CCCCCCCCC/C=C/C=C/CCCCCCCC(=O)OC(CCCCCCCCCCCCCCCC)CC(=O)NC(CO)C(O)CCCCCCCCCCCCCC. The van der Waals surface area contributed by atoms with E-state index in [2.05, 4.69) is 50.4 Å². The van der Waals surface area contributed by atoms with Crippen molar-refractivity contribution < 1.29 is 24.5 Å². The molecule has 0 fully saturated rings. The summed E-state index contributed by atoms with van der Waals surface area (Å²) < 4.78 is 5.95. The minimum Gasteiger partial charge on any atom is -0.462 e. The van der Waals surface area contributed by atoms with Crippen LogP contribution in [0.1, 0.15) is 303 Å². The molecule has 3 unspecified atom stereocenters. The van der Waals surface area contributed by atoms with Crippen LogP contribution in [0.4, 0.5) is 0 Å². The Morgan fingerprint density at radius 2 is 0.794 bits per heavy atom. The van der Waals surface area contributed by atoms with Crippen LogP contribution in [0.25, 0.3) is 0 Å². The van der Waals surface area contributed by atoms with Crippen LogP contribution < -0.4 is 5.32 Å². The standard InChI is InChI=1S/C57H109NO5/c1-4-7-10-13-16-19-22-25-27-28-29-30-32-35-38-41-44-47-50-57(62)63-53(48-45-42-39-36-33-31-26-23-20-17-14-11-8-5-2)51-56(61)58-54(52-59)55(60)49-46-43-40-37-34-24-21-18-15-12-9-6-3/h27-30,53-55,59-60H,4-26,31-52H2,1-3H3,(H,58,61)/b28-27+,30-29+. The molecule has 0 spiro atoms. The molecule has 0 aromatic carbocycles. The fourth-order valence-electron chi connectivity index (χ4n) is 8.78. The van der Waals surface area contributed by atoms with E-state index >= 15 is 0 Å². The molecule has 0 radical (unpaired) electrons. The largest absolute Gasteiger partial charge is 0.462 e. The van der Waals surface area contributed by atoms with Crippen molar-refractivity contribution in [2.24, 2.45) is 0 Å². The topological polar surface area (TPSA) is 95.9 Å². The van der Waals surface area contributed by atoms with Crippen molar-refractivity contribution >= 4 is 11.9 Å². The highest BCUT2D eigenvalue weighted by atomic mass is 16.5. The van der Waals surface area contributed by atoms with E-state index in [1.54, 1.807) is 0 Å². The molecule has 63 heavy (non-hydrogen) atoms. The van der Waals surface area contributed by atoms with E-state index in [9.17, 15) is 19.8 Å². The maximum absolute atomic E-state index is 13.2. The molecule has 0 aromatic heterocycles. The van der Waals surface area contributed by atoms with Crippen LogP contribution >= 0.6 is 0 Å². The Bertz CT molecular complexity index is 997. The molecule has 3 atom stereocenters. The van der Waals surface area contributed by atoms with Crippen molar-refractivity contribution in [3.63, 3.8) is 0 Å². The Morgan fingerprint density at radius 3 is 1.17 bits per heavy atom. The first-order valence-electron chi connectivity index (χ1n) is 28.1. The van der Waals surface area contributed by atoms with Gasteiger partial charge in [0.05, 0.1) is 25.2 Å². The molecule has 0 bridgehead atoms. The highest BCUT2D eigenvalue weighted by Crippen LogP contribution is 2.19. The van der Waals surface area contributed by atoms with E-state index < -0.39 is 18.2 Å². The number of aliphatic hydroxyl groups is 2. The zero-order valence-corrected chi connectivity index (χ0v) is 42.5. The van der Waals surface area contributed by atoms with Gasteiger partial charge >= 0.3 is 5.97 Å². The van der Waals surface area contributed by atoms with Crippen molar-refractivity contribution in [3.8, 4) is 0 Å². The third kappa shape index (κ3) is 46.7. The summed E-state index contributed by atoms with van der Waals surface area (Å²) in [5.41, 5.74) is 0. The van der Waals surface area contributed by atoms with Crippen LogP contribution in [0.15, 0.2) is 24.3 Å². The van der Waals surface area contributed by atoms with Crippen LogP contribution in [-0.2, 0) is 14.3 Å². The molecule has 0 saturated heterocycles. The fourth-order valence-corrected chi connectivity index (χ4v) is 8.78. The molecule has 372 valence electrons. The van der Waals surface area contributed by atoms with E-state index in [1.807, 2.05) is 0 Å². The average molecular weight is 889 g/mol. The summed E-state index contributed by atoms with van der Waals surface area (Å²) in [4.78, 5) is 26.2. The minimum absolute atomic E-state index is 0.0772. The van der Waals surface area contributed by atoms with Crippen molar-refractivity contribution in [2.45, 2.75) is 322 Å². The molecular formula is C57H109NO5. The van der Waals surface area contributed by atoms with Gasteiger partial charge in [0.1, 0.15) is 6.10 Å². The molecular weight excluding hydrogens is 779 g/mol. The Kier molecular flexibility index (Phi) is 50.0. The predicted octanol–water partition coefficient (Wildman–Crippen LogP) is 17.1. The molecule has 6 nitrogen and oxygen atoms in total. The fraction of sp³-hybridized carbons (Fsp3) is 0.895. The van der Waals surface area contributed by atoms with Crippen molar-refractivity contribution in [3.05, 3.63) is 24.3 Å². The Labute approximate surface area is 392 Å². The number of ether oxygens (including phenoxy) is 1. The van der Waals surface area contributed by atoms with Gasteiger partial charge in [-0.3, -0.25) is 9.59 Å². The number of allylic oxidation sites excluding steroid dienone is 4. The Hall–Kier alpha value is -1.66. The summed E-state index contributed by atoms with van der Waals surface area (Å²) in [7, 11) is 0. The number of carbonyl (C=O) groups excluding carboxylic acids is 2. The first-order valence-corrected chi connectivity index (χ1v) is 28.1. The van der Waals surface area contributed by atoms with Crippen molar-refractivity contribution in [1.29, 1.82) is 0 Å². The summed E-state index contributed by atoms with van der Waals surface area (Å²) in [6, 6.07) is -0.700. The number of hydrogen-bond acceptors (Lipinski definition) is 5. The van der Waals surface area contributed by atoms with Gasteiger partial charge in [0.2, 0.25) is 5.91 Å². The number of esters is 1. The third-order valence-corrected chi connectivity index (χ3v) is 13.1. The second-order valence-electron chi connectivity index (χ2n) is 19.4. The lowest BCUT2D eigenvalue weighted by Gasteiger charge is -2.24. The van der Waals surface area contributed by atoms with Gasteiger partial charge in [-0.15, -0.1) is 0 Å². The van der Waals surface area contributed by atoms with Gasteiger partial charge in [0.25, 0.3) is 0 Å². The number of carbonyl (C=O) groups is 2. The maximum Gasteiger partial charge on any atom is 0.306 e. The van der Waals surface area contributed by atoms with Gasteiger partial charge in [-0.25, -0.2) is 0 Å². The van der Waals surface area contributed by atoms with Crippen LogP contribution in [0, 0.1) is 0 Å². The third-order valence-electron chi connectivity index (χ3n) is 13.1. The monoisotopic (exact) mass is 888 g/mol. The Balaban J connectivity index is 4.54. The smallest absolute Gasteiger partial charge is 0.306 e. The molecule has 0 aliphatic carbocycles. The molecule has 1 amide bonds. The summed E-state index contributed by atoms with van der Waals surface area (Å²) in [5, 5.41) is 23.8. The first kappa shape index (κ1) is 61.3. The molecule has 3 N–H and O–H groups in total. The van der Waals surface area contributed by atoms with E-state index in [-0.39, 0.29) is 24.9 Å². The van der Waals surface area contributed by atoms with Crippen molar-refractivity contribution in [1.82, 2.24) is 5.32 Å². The van der Waals surface area contributed by atoms with E-state index in [4.69, 9.17) is 4.74 Å². The van der Waals surface area contributed by atoms with Gasteiger partial charge in [-0.1, -0.05) is 263 Å². The number of amides is 1. The lowest BCUT2D eigenvalue weighted by Crippen LogP contribution is -2.46. The van der Waals surface area contributed by atoms with Crippen LogP contribution in [0.5, 0.6) is 0 Å². The molecule has 0 rings (SSSR count). The van der Waals surface area contributed by atoms with E-state index in [1.165, 1.54) is 205 Å². The van der Waals surface area contributed by atoms with Gasteiger partial charge in [0.15, 0.2) is 0 Å². The van der Waals surface area contributed by atoms with Crippen LogP contribution in [0.3, 0.4) is 0 Å². The van der Waals surface area contributed by atoms with Gasteiger partial charge < -0.3 is 20.3 Å². The second-order valence-corrected chi connectivity index (χ2v) is 19.4. The summed E-state index contributed by atoms with van der Waals surface area (Å²) in [6.45, 7) is 6.50. The van der Waals surface area contributed by atoms with Crippen LogP contribution in [0.2, 0.25) is 0 Å². The molecule has 6 heteroatoms.